The lowest BCUT2D eigenvalue weighted by atomic mass is 10.2. The molecule has 1 aliphatic rings. The highest BCUT2D eigenvalue weighted by molar-refractivity contribution is 7.91. The molecule has 1 saturated heterocycles. The van der Waals surface area contributed by atoms with Crippen molar-refractivity contribution < 1.29 is 18.3 Å². The maximum absolute atomic E-state index is 12.5. The highest BCUT2D eigenvalue weighted by atomic mass is 35.5. The fourth-order valence-electron chi connectivity index (χ4n) is 2.55. The Morgan fingerprint density at radius 2 is 2.08 bits per heavy atom. The van der Waals surface area contributed by atoms with E-state index in [0.29, 0.717) is 36.0 Å². The number of carbonyl (C=O) groups excluding carboxylic acids is 1. The second kappa shape index (κ2) is 8.38. The highest BCUT2D eigenvalue weighted by Gasteiger charge is 2.30. The van der Waals surface area contributed by atoms with Crippen LogP contribution in [-0.4, -0.2) is 55.2 Å². The quantitative estimate of drug-likeness (QED) is 0.772. The molecule has 2 amide bonds. The number of amides is 2. The van der Waals surface area contributed by atoms with Crippen LogP contribution in [0.15, 0.2) is 18.2 Å². The van der Waals surface area contributed by atoms with E-state index < -0.39 is 9.84 Å². The van der Waals surface area contributed by atoms with Gasteiger partial charge in [0.25, 0.3) is 0 Å². The zero-order valence-corrected chi connectivity index (χ0v) is 15.4. The van der Waals surface area contributed by atoms with Crippen LogP contribution >= 0.6 is 23.2 Å². The van der Waals surface area contributed by atoms with Crippen LogP contribution in [0.4, 0.5) is 4.79 Å². The van der Waals surface area contributed by atoms with Gasteiger partial charge in [0.05, 0.1) is 21.6 Å². The Kier molecular flexibility index (Phi) is 6.74. The Labute approximate surface area is 151 Å². The summed E-state index contributed by atoms with van der Waals surface area (Å²) >= 11 is 11.9. The molecule has 24 heavy (non-hydrogen) atoms. The van der Waals surface area contributed by atoms with Gasteiger partial charge < -0.3 is 15.3 Å². The van der Waals surface area contributed by atoms with Crippen LogP contribution in [0.3, 0.4) is 0 Å². The predicted octanol–water partition coefficient (Wildman–Crippen LogP) is 2.07. The molecule has 6 nitrogen and oxygen atoms in total. The summed E-state index contributed by atoms with van der Waals surface area (Å²) in [6.45, 7) is 0.604. The van der Waals surface area contributed by atoms with Gasteiger partial charge in [0.15, 0.2) is 9.84 Å². The minimum absolute atomic E-state index is 0.0284. The third kappa shape index (κ3) is 5.51. The summed E-state index contributed by atoms with van der Waals surface area (Å²) in [5.41, 5.74) is 0.802. The second-order valence-electron chi connectivity index (χ2n) is 5.80. The van der Waals surface area contributed by atoms with E-state index >= 15 is 0 Å². The van der Waals surface area contributed by atoms with Crippen LogP contribution < -0.4 is 5.32 Å². The molecule has 1 aliphatic heterocycles. The van der Waals surface area contributed by atoms with Crippen molar-refractivity contribution in [1.82, 2.24) is 10.2 Å². The summed E-state index contributed by atoms with van der Waals surface area (Å²) in [7, 11) is -3.06. The third-order valence-corrected chi connectivity index (χ3v) is 6.30. The van der Waals surface area contributed by atoms with Crippen molar-refractivity contribution in [2.45, 2.75) is 25.4 Å². The molecule has 1 atom stereocenters. The molecule has 0 spiro atoms. The van der Waals surface area contributed by atoms with Gasteiger partial charge in [-0.25, -0.2) is 13.2 Å². The van der Waals surface area contributed by atoms with E-state index in [1.54, 1.807) is 18.2 Å². The second-order valence-corrected chi connectivity index (χ2v) is 8.84. The zero-order valence-electron chi connectivity index (χ0n) is 13.0. The van der Waals surface area contributed by atoms with Crippen molar-refractivity contribution in [2.75, 3.05) is 24.7 Å². The lowest BCUT2D eigenvalue weighted by molar-refractivity contribution is 0.183. The predicted molar refractivity (Wildman–Crippen MR) is 94.2 cm³/mol. The molecule has 1 aromatic rings. The summed E-state index contributed by atoms with van der Waals surface area (Å²) in [6.07, 6.45) is 0.854. The minimum atomic E-state index is -3.06. The number of hydrogen-bond acceptors (Lipinski definition) is 4. The SMILES string of the molecule is O=C(N[C@@H]1CCS(=O)(=O)C1)N(CCCO)Cc1ccc(Cl)c(Cl)c1. The van der Waals surface area contributed by atoms with Crippen LogP contribution in [0.25, 0.3) is 0 Å². The first-order valence-corrected chi connectivity index (χ1v) is 10.2. The number of sulfone groups is 1. The normalized spacial score (nSPS) is 19.2. The summed E-state index contributed by atoms with van der Waals surface area (Å²) in [4.78, 5) is 14.0. The number of nitrogens with zero attached hydrogens (tertiary/aromatic N) is 1. The fourth-order valence-corrected chi connectivity index (χ4v) is 4.54. The third-order valence-electron chi connectivity index (χ3n) is 3.79. The molecule has 9 heteroatoms. The van der Waals surface area contributed by atoms with E-state index in [2.05, 4.69) is 5.32 Å². The fraction of sp³-hybridized carbons (Fsp3) is 0.533. The average molecular weight is 395 g/mol. The number of hydrogen-bond donors (Lipinski definition) is 2. The maximum Gasteiger partial charge on any atom is 0.317 e. The lowest BCUT2D eigenvalue weighted by Gasteiger charge is -2.25. The number of aliphatic hydroxyl groups is 1. The molecule has 2 rings (SSSR count). The van der Waals surface area contributed by atoms with Gasteiger partial charge in [0, 0.05) is 25.7 Å². The Morgan fingerprint density at radius 1 is 1.33 bits per heavy atom. The number of nitrogens with one attached hydrogen (secondary N) is 1. The molecular formula is C15H20Cl2N2O4S. The number of benzene rings is 1. The summed E-state index contributed by atoms with van der Waals surface area (Å²) in [6, 6.07) is 4.39. The summed E-state index contributed by atoms with van der Waals surface area (Å²) in [5.74, 6) is 0.0702. The first-order chi connectivity index (χ1) is 11.3. The molecule has 0 bridgehead atoms. The minimum Gasteiger partial charge on any atom is -0.396 e. The zero-order chi connectivity index (χ0) is 17.7. The first kappa shape index (κ1) is 19.3. The molecule has 0 saturated carbocycles. The molecule has 2 N–H and O–H groups in total. The molecular weight excluding hydrogens is 375 g/mol. The standard InChI is InChI=1S/C15H20Cl2N2O4S/c16-13-3-2-11(8-14(13)17)9-19(5-1-6-20)15(21)18-12-4-7-24(22,23)10-12/h2-3,8,12,20H,1,4-7,9-10H2,(H,18,21)/t12-/m1/s1. The van der Waals surface area contributed by atoms with Crippen molar-refractivity contribution in [3.63, 3.8) is 0 Å². The number of urea groups is 1. The Balaban J connectivity index is 2.03. The van der Waals surface area contributed by atoms with Crippen molar-refractivity contribution in [2.24, 2.45) is 0 Å². The summed E-state index contributed by atoms with van der Waals surface area (Å²) < 4.78 is 23.0. The molecule has 1 heterocycles. The Bertz CT molecular complexity index is 697. The molecule has 0 unspecified atom stereocenters. The van der Waals surface area contributed by atoms with E-state index in [4.69, 9.17) is 28.3 Å². The van der Waals surface area contributed by atoms with Crippen molar-refractivity contribution in [3.8, 4) is 0 Å². The Hall–Kier alpha value is -1.02. The number of halogens is 2. The molecule has 0 aromatic heterocycles. The van der Waals surface area contributed by atoms with Gasteiger partial charge >= 0.3 is 6.03 Å². The topological polar surface area (TPSA) is 86.7 Å². The van der Waals surface area contributed by atoms with Crippen LogP contribution in [0.2, 0.25) is 10.0 Å². The average Bonchev–Trinajstić information content (AvgIpc) is 2.85. The van der Waals surface area contributed by atoms with Crippen molar-refractivity contribution in [1.29, 1.82) is 0 Å². The van der Waals surface area contributed by atoms with Crippen molar-refractivity contribution in [3.05, 3.63) is 33.8 Å². The molecule has 0 aliphatic carbocycles. The van der Waals surface area contributed by atoms with Crippen LogP contribution in [0.1, 0.15) is 18.4 Å². The summed E-state index contributed by atoms with van der Waals surface area (Å²) in [5, 5.41) is 12.6. The van der Waals surface area contributed by atoms with E-state index in [-0.39, 0.29) is 30.2 Å². The van der Waals surface area contributed by atoms with Crippen molar-refractivity contribution >= 4 is 39.1 Å². The first-order valence-electron chi connectivity index (χ1n) is 7.61. The van der Waals surface area contributed by atoms with E-state index in [1.807, 2.05) is 0 Å². The smallest absolute Gasteiger partial charge is 0.317 e. The monoisotopic (exact) mass is 394 g/mol. The van der Waals surface area contributed by atoms with Gasteiger partial charge in [0.2, 0.25) is 0 Å². The molecule has 0 radical (unpaired) electrons. The van der Waals surface area contributed by atoms with E-state index in [0.717, 1.165) is 5.56 Å². The molecule has 1 fully saturated rings. The number of rotatable bonds is 6. The lowest BCUT2D eigenvalue weighted by Crippen LogP contribution is -2.45. The molecule has 1 aromatic carbocycles. The number of aliphatic hydroxyl groups excluding tert-OH is 1. The van der Waals surface area contributed by atoms with Crippen LogP contribution in [0, 0.1) is 0 Å². The van der Waals surface area contributed by atoms with Crippen LogP contribution in [0.5, 0.6) is 0 Å². The number of carbonyl (C=O) groups is 1. The van der Waals surface area contributed by atoms with Gasteiger partial charge in [-0.2, -0.15) is 0 Å². The van der Waals surface area contributed by atoms with Gasteiger partial charge in [-0.3, -0.25) is 0 Å². The van der Waals surface area contributed by atoms with Crippen LogP contribution in [-0.2, 0) is 16.4 Å². The maximum atomic E-state index is 12.5. The van der Waals surface area contributed by atoms with Gasteiger partial charge in [0.1, 0.15) is 0 Å². The molecule has 134 valence electrons. The largest absolute Gasteiger partial charge is 0.396 e. The Morgan fingerprint density at radius 3 is 2.67 bits per heavy atom. The van der Waals surface area contributed by atoms with Gasteiger partial charge in [-0.1, -0.05) is 29.3 Å². The highest BCUT2D eigenvalue weighted by Crippen LogP contribution is 2.23. The van der Waals surface area contributed by atoms with E-state index in [9.17, 15) is 13.2 Å². The van der Waals surface area contributed by atoms with E-state index in [1.165, 1.54) is 4.90 Å². The van der Waals surface area contributed by atoms with Gasteiger partial charge in [-0.05, 0) is 30.5 Å². The van der Waals surface area contributed by atoms with Gasteiger partial charge in [-0.15, -0.1) is 0 Å².